The van der Waals surface area contributed by atoms with Gasteiger partial charge in [-0.3, -0.25) is 0 Å². The predicted molar refractivity (Wildman–Crippen MR) is 54.5 cm³/mol. The number of nitrogens with one attached hydrogen (secondary N) is 1. The lowest BCUT2D eigenvalue weighted by atomic mass is 10.0. The fraction of sp³-hybridized carbons (Fsp3) is 0.778. The Hall–Kier alpha value is -0.460. The molecule has 15 heavy (non-hydrogen) atoms. The molecule has 0 saturated carbocycles. The van der Waals surface area contributed by atoms with Gasteiger partial charge in [-0.15, -0.1) is 11.8 Å². The molecule has 2 saturated heterocycles. The van der Waals surface area contributed by atoms with E-state index in [-0.39, 0.29) is 28.2 Å². The number of amides is 2. The van der Waals surface area contributed by atoms with E-state index in [1.165, 1.54) is 6.61 Å². The Morgan fingerprint density at radius 2 is 2.33 bits per heavy atom. The molecule has 0 unspecified atom stereocenters. The molecule has 2 rings (SSSR count). The number of thioether (sulfide) groups is 1. The van der Waals surface area contributed by atoms with Crippen LogP contribution in [0.1, 0.15) is 20.8 Å². The van der Waals surface area contributed by atoms with E-state index in [1.807, 2.05) is 20.8 Å². The average molecular weight is 230 g/mol. The third-order valence-corrected chi connectivity index (χ3v) is 4.63. The van der Waals surface area contributed by atoms with Crippen molar-refractivity contribution in [3.8, 4) is 0 Å². The Morgan fingerprint density at radius 1 is 1.67 bits per heavy atom. The van der Waals surface area contributed by atoms with Crippen molar-refractivity contribution in [2.75, 3.05) is 0 Å². The van der Waals surface area contributed by atoms with Gasteiger partial charge in [0, 0.05) is 4.75 Å². The molecule has 2 amide bonds. The van der Waals surface area contributed by atoms with Crippen LogP contribution in [0.5, 0.6) is 0 Å². The number of hydrogen-bond acceptors (Lipinski definition) is 4. The summed E-state index contributed by atoms with van der Waals surface area (Å²) in [7, 11) is 0. The second kappa shape index (κ2) is 3.54. The highest BCUT2D eigenvalue weighted by atomic mass is 32.2. The quantitative estimate of drug-likeness (QED) is 0.414. The van der Waals surface area contributed by atoms with Crippen LogP contribution in [0.15, 0.2) is 0 Å². The van der Waals surface area contributed by atoms with Crippen LogP contribution in [0, 0.1) is 6.61 Å². The standard InChI is InChI=1S/C9H15N2O3S/c1-5-7-11(8(12)10-5)6(4-14-13)9(2,3)15-7/h4-7,13H,1-3H3,(H,10,12)/q-1/p-1/t5-,6+,7-/m1/s1. The van der Waals surface area contributed by atoms with Crippen LogP contribution in [0.2, 0.25) is 0 Å². The first kappa shape index (κ1) is 11.0. The van der Waals surface area contributed by atoms with E-state index < -0.39 is 0 Å². The summed E-state index contributed by atoms with van der Waals surface area (Å²) in [5, 5.41) is 13.1. The second-order valence-corrected chi connectivity index (χ2v) is 6.21. The van der Waals surface area contributed by atoms with E-state index >= 15 is 0 Å². The van der Waals surface area contributed by atoms with Crippen LogP contribution in [-0.2, 0) is 4.89 Å². The Kier molecular flexibility index (Phi) is 2.60. The molecule has 0 aromatic carbocycles. The SMILES string of the molecule is C[C@H]1NC(=O)N2[C@@H]1SC(C)(C)[C@@H]2[CH-]O[O-]. The van der Waals surface area contributed by atoms with E-state index in [4.69, 9.17) is 0 Å². The summed E-state index contributed by atoms with van der Waals surface area (Å²) in [6.07, 6.45) is 0. The molecule has 0 radical (unpaired) electrons. The number of urea groups is 1. The molecule has 5 nitrogen and oxygen atoms in total. The fourth-order valence-electron chi connectivity index (χ4n) is 2.14. The zero-order valence-corrected chi connectivity index (χ0v) is 9.71. The molecule has 0 aliphatic carbocycles. The zero-order valence-electron chi connectivity index (χ0n) is 8.89. The summed E-state index contributed by atoms with van der Waals surface area (Å²) in [4.78, 5) is 17.2. The van der Waals surface area contributed by atoms with Crippen molar-refractivity contribution < 1.29 is 14.9 Å². The maximum atomic E-state index is 11.7. The number of fused-ring (bicyclic) bond motifs is 1. The Labute approximate surface area is 93.1 Å². The van der Waals surface area contributed by atoms with E-state index in [0.29, 0.717) is 0 Å². The molecule has 0 spiro atoms. The van der Waals surface area contributed by atoms with E-state index in [2.05, 4.69) is 10.2 Å². The van der Waals surface area contributed by atoms with E-state index in [1.54, 1.807) is 16.7 Å². The van der Waals surface area contributed by atoms with Gasteiger partial charge < -0.3 is 20.4 Å². The molecule has 1 N–H and O–H groups in total. The van der Waals surface area contributed by atoms with Gasteiger partial charge in [-0.1, -0.05) is 19.9 Å². The predicted octanol–water partition coefficient (Wildman–Crippen LogP) is 0.0739. The minimum Gasteiger partial charge on any atom is -0.759 e. The topological polar surface area (TPSA) is 64.6 Å². The molecule has 0 aromatic rings. The van der Waals surface area contributed by atoms with E-state index in [0.717, 1.165) is 0 Å². The second-order valence-electron chi connectivity index (χ2n) is 4.43. The van der Waals surface area contributed by atoms with Crippen LogP contribution >= 0.6 is 11.8 Å². The third kappa shape index (κ3) is 1.60. The normalized spacial score (nSPS) is 38.0. The van der Waals surface area contributed by atoms with Crippen LogP contribution < -0.4 is 10.6 Å². The lowest BCUT2D eigenvalue weighted by molar-refractivity contribution is -0.676. The van der Waals surface area contributed by atoms with Gasteiger partial charge in [-0.25, -0.2) is 11.4 Å². The average Bonchev–Trinajstić information content (AvgIpc) is 2.52. The third-order valence-electron chi connectivity index (χ3n) is 2.91. The van der Waals surface area contributed by atoms with Gasteiger partial charge in [0.05, 0.1) is 11.4 Å². The van der Waals surface area contributed by atoms with Gasteiger partial charge >= 0.3 is 6.03 Å². The largest absolute Gasteiger partial charge is 0.759 e. The summed E-state index contributed by atoms with van der Waals surface area (Å²) in [6.45, 7) is 7.18. The first-order valence-corrected chi connectivity index (χ1v) is 5.74. The number of carbonyl (C=O) groups excluding carboxylic acids is 1. The molecule has 86 valence electrons. The van der Waals surface area contributed by atoms with Crippen molar-refractivity contribution in [2.24, 2.45) is 0 Å². The number of carbonyl (C=O) groups is 1. The van der Waals surface area contributed by atoms with Gasteiger partial charge in [0.25, 0.3) is 0 Å². The summed E-state index contributed by atoms with van der Waals surface area (Å²) < 4.78 is -0.179. The summed E-state index contributed by atoms with van der Waals surface area (Å²) in [5.74, 6) is 0. The minimum absolute atomic E-state index is 0.0869. The number of hydrogen-bond donors (Lipinski definition) is 1. The molecule has 0 bridgehead atoms. The minimum atomic E-state index is -0.269. The van der Waals surface area contributed by atoms with Crippen LogP contribution in [0.4, 0.5) is 4.79 Å². The number of rotatable bonds is 2. The summed E-state index contributed by atoms with van der Waals surface area (Å²) in [5.41, 5.74) is 0. The van der Waals surface area contributed by atoms with Crippen LogP contribution in [-0.4, -0.2) is 33.1 Å². The summed E-state index contributed by atoms with van der Waals surface area (Å²) >= 11 is 1.69. The first-order chi connectivity index (χ1) is 6.97. The maximum Gasteiger partial charge on any atom is 0.316 e. The highest BCUT2D eigenvalue weighted by molar-refractivity contribution is 8.01. The molecule has 2 fully saturated rings. The lowest BCUT2D eigenvalue weighted by Gasteiger charge is -2.39. The Bertz CT molecular complexity index is 285. The van der Waals surface area contributed by atoms with Crippen LogP contribution in [0.3, 0.4) is 0 Å². The fourth-order valence-corrected chi connectivity index (χ4v) is 3.68. The number of nitrogens with zero attached hydrogens (tertiary/aromatic N) is 1. The van der Waals surface area contributed by atoms with Crippen molar-refractivity contribution in [1.82, 2.24) is 10.2 Å². The van der Waals surface area contributed by atoms with Gasteiger partial charge in [0.15, 0.2) is 0 Å². The van der Waals surface area contributed by atoms with Gasteiger partial charge in [0.2, 0.25) is 0 Å². The van der Waals surface area contributed by atoms with Gasteiger partial charge in [0.1, 0.15) is 0 Å². The van der Waals surface area contributed by atoms with Gasteiger partial charge in [-0.05, 0) is 6.92 Å². The van der Waals surface area contributed by atoms with Crippen LogP contribution in [0.25, 0.3) is 0 Å². The van der Waals surface area contributed by atoms with Crippen molar-refractivity contribution in [3.63, 3.8) is 0 Å². The molecule has 2 aliphatic rings. The molecule has 6 heteroatoms. The molecular weight excluding hydrogens is 216 g/mol. The van der Waals surface area contributed by atoms with Gasteiger partial charge in [-0.2, -0.15) is 0 Å². The smallest absolute Gasteiger partial charge is 0.316 e. The van der Waals surface area contributed by atoms with Crippen molar-refractivity contribution in [1.29, 1.82) is 0 Å². The monoisotopic (exact) mass is 230 g/mol. The summed E-state index contributed by atoms with van der Waals surface area (Å²) in [6, 6.07) is -0.286. The van der Waals surface area contributed by atoms with E-state index in [9.17, 15) is 10.1 Å². The zero-order chi connectivity index (χ0) is 11.2. The molecule has 0 aromatic heterocycles. The Morgan fingerprint density at radius 3 is 2.93 bits per heavy atom. The van der Waals surface area contributed by atoms with Crippen molar-refractivity contribution in [2.45, 2.75) is 43.0 Å². The molecule has 2 aliphatic heterocycles. The lowest BCUT2D eigenvalue weighted by Crippen LogP contribution is -2.45. The maximum absolute atomic E-state index is 11.7. The molecule has 3 atom stereocenters. The van der Waals surface area contributed by atoms with Crippen molar-refractivity contribution >= 4 is 17.8 Å². The van der Waals surface area contributed by atoms with Crippen molar-refractivity contribution in [3.05, 3.63) is 6.61 Å². The highest BCUT2D eigenvalue weighted by Gasteiger charge is 2.51. The Balaban J connectivity index is 2.24. The molecule has 2 heterocycles. The highest BCUT2D eigenvalue weighted by Crippen LogP contribution is 2.48. The first-order valence-electron chi connectivity index (χ1n) is 4.86. The molecular formula is C9H14N2O3S-2.